The normalized spacial score (nSPS) is 19.1. The highest BCUT2D eigenvalue weighted by Gasteiger charge is 2.26. The van der Waals surface area contributed by atoms with E-state index in [1.54, 1.807) is 17.4 Å². The van der Waals surface area contributed by atoms with E-state index < -0.39 is 5.97 Å². The van der Waals surface area contributed by atoms with Crippen molar-refractivity contribution in [3.8, 4) is 0 Å². The second-order valence-corrected chi connectivity index (χ2v) is 6.31. The fraction of sp³-hybridized carbons (Fsp3) is 0.467. The molecule has 21 heavy (non-hydrogen) atoms. The first-order valence-electron chi connectivity index (χ1n) is 7.30. The van der Waals surface area contributed by atoms with Crippen molar-refractivity contribution in [1.82, 2.24) is 9.38 Å². The molecule has 1 unspecified atom stereocenters. The lowest BCUT2D eigenvalue weighted by molar-refractivity contribution is -0.131. The van der Waals surface area contributed by atoms with Crippen molar-refractivity contribution < 1.29 is 9.90 Å². The summed E-state index contributed by atoms with van der Waals surface area (Å²) in [6.07, 6.45) is 8.43. The first-order valence-corrected chi connectivity index (χ1v) is 8.18. The molecule has 3 rings (SSSR count). The van der Waals surface area contributed by atoms with Crippen molar-refractivity contribution >= 4 is 34.2 Å². The van der Waals surface area contributed by atoms with Crippen LogP contribution in [0.2, 0.25) is 0 Å². The quantitative estimate of drug-likeness (QED) is 0.862. The summed E-state index contributed by atoms with van der Waals surface area (Å²) in [6, 6.07) is 0. The maximum absolute atomic E-state index is 10.8. The molecule has 1 atom stereocenters. The third-order valence-corrected chi connectivity index (χ3v) is 4.70. The number of carboxylic acids is 1. The molecule has 0 saturated carbocycles. The zero-order valence-corrected chi connectivity index (χ0v) is 12.8. The van der Waals surface area contributed by atoms with Gasteiger partial charge in [-0.1, -0.05) is 13.3 Å². The maximum atomic E-state index is 10.8. The van der Waals surface area contributed by atoms with E-state index in [-0.39, 0.29) is 0 Å². The van der Waals surface area contributed by atoms with Crippen LogP contribution in [0, 0.1) is 5.92 Å². The smallest absolute Gasteiger partial charge is 0.328 e. The van der Waals surface area contributed by atoms with Crippen LogP contribution in [0.1, 0.15) is 31.9 Å². The Morgan fingerprint density at radius 1 is 1.62 bits per heavy atom. The lowest BCUT2D eigenvalue weighted by Crippen LogP contribution is -2.21. The van der Waals surface area contributed by atoms with Gasteiger partial charge in [-0.2, -0.15) is 0 Å². The SMILES string of the molecule is CCCC1CCN(c2nc3sccn3c2/C=C/C(=O)O)C1. The molecule has 1 aliphatic rings. The van der Waals surface area contributed by atoms with Crippen LogP contribution in [-0.2, 0) is 4.79 Å². The van der Waals surface area contributed by atoms with Crippen LogP contribution in [0.15, 0.2) is 17.7 Å². The Labute approximate surface area is 127 Å². The number of imidazole rings is 1. The predicted octanol–water partition coefficient (Wildman–Crippen LogP) is 3.12. The van der Waals surface area contributed by atoms with Gasteiger partial charge >= 0.3 is 5.97 Å². The standard InChI is InChI=1S/C15H19N3O2S/c1-2-3-11-6-7-17(10-11)14-12(4-5-13(19)20)18-8-9-21-15(18)16-14/h4-5,8-9,11H,2-3,6-7,10H2,1H3,(H,19,20)/b5-4+. The van der Waals surface area contributed by atoms with E-state index in [1.807, 2.05) is 16.0 Å². The third kappa shape index (κ3) is 2.81. The van der Waals surface area contributed by atoms with Crippen LogP contribution in [0.25, 0.3) is 11.0 Å². The molecule has 1 fully saturated rings. The number of rotatable bonds is 5. The van der Waals surface area contributed by atoms with Crippen molar-refractivity contribution in [1.29, 1.82) is 0 Å². The highest BCUT2D eigenvalue weighted by molar-refractivity contribution is 7.15. The molecular formula is C15H19N3O2S. The maximum Gasteiger partial charge on any atom is 0.328 e. The second kappa shape index (κ2) is 5.89. The van der Waals surface area contributed by atoms with Crippen molar-refractivity contribution in [3.63, 3.8) is 0 Å². The highest BCUT2D eigenvalue weighted by atomic mass is 32.1. The number of fused-ring (bicyclic) bond motifs is 1. The number of nitrogens with zero attached hydrogens (tertiary/aromatic N) is 3. The molecule has 0 bridgehead atoms. The average molecular weight is 305 g/mol. The summed E-state index contributed by atoms with van der Waals surface area (Å²) in [5, 5.41) is 10.8. The fourth-order valence-electron chi connectivity index (χ4n) is 3.00. The van der Waals surface area contributed by atoms with Gasteiger partial charge in [0.25, 0.3) is 0 Å². The minimum Gasteiger partial charge on any atom is -0.478 e. The number of aromatic nitrogens is 2. The summed E-state index contributed by atoms with van der Waals surface area (Å²) < 4.78 is 1.96. The molecule has 6 heteroatoms. The molecule has 3 heterocycles. The number of aliphatic carboxylic acids is 1. The van der Waals surface area contributed by atoms with Crippen LogP contribution in [0.4, 0.5) is 5.82 Å². The summed E-state index contributed by atoms with van der Waals surface area (Å²) >= 11 is 1.57. The molecule has 0 spiro atoms. The summed E-state index contributed by atoms with van der Waals surface area (Å²) in [5.41, 5.74) is 0.866. The van der Waals surface area contributed by atoms with Gasteiger partial charge in [0.05, 0.1) is 5.69 Å². The number of hydrogen-bond donors (Lipinski definition) is 1. The number of thiazole rings is 1. The Balaban J connectivity index is 1.92. The van der Waals surface area contributed by atoms with E-state index in [2.05, 4.69) is 11.8 Å². The molecule has 2 aromatic rings. The zero-order valence-electron chi connectivity index (χ0n) is 12.0. The molecule has 0 radical (unpaired) electrons. The highest BCUT2D eigenvalue weighted by Crippen LogP contribution is 2.31. The Morgan fingerprint density at radius 2 is 2.48 bits per heavy atom. The van der Waals surface area contributed by atoms with Crippen molar-refractivity contribution in [2.45, 2.75) is 26.2 Å². The minimum atomic E-state index is -0.934. The van der Waals surface area contributed by atoms with Crippen molar-refractivity contribution in [2.24, 2.45) is 5.92 Å². The monoisotopic (exact) mass is 305 g/mol. The fourth-order valence-corrected chi connectivity index (χ4v) is 3.71. The number of anilines is 1. The predicted molar refractivity (Wildman–Crippen MR) is 85.0 cm³/mol. The molecule has 1 aliphatic heterocycles. The van der Waals surface area contributed by atoms with E-state index in [1.165, 1.54) is 25.3 Å². The first-order chi connectivity index (χ1) is 10.2. The summed E-state index contributed by atoms with van der Waals surface area (Å²) in [7, 11) is 0. The van der Waals surface area contributed by atoms with Gasteiger partial charge < -0.3 is 10.0 Å². The summed E-state index contributed by atoms with van der Waals surface area (Å²) in [4.78, 5) is 18.7. The summed E-state index contributed by atoms with van der Waals surface area (Å²) in [5.74, 6) is 0.709. The van der Waals surface area contributed by atoms with E-state index in [0.717, 1.165) is 35.5 Å². The number of carbonyl (C=O) groups is 1. The Hall–Kier alpha value is -1.82. The van der Waals surface area contributed by atoms with E-state index in [4.69, 9.17) is 10.1 Å². The van der Waals surface area contributed by atoms with Crippen LogP contribution >= 0.6 is 11.3 Å². The van der Waals surface area contributed by atoms with Gasteiger partial charge in [0.15, 0.2) is 10.8 Å². The Kier molecular flexibility index (Phi) is 3.96. The molecule has 5 nitrogen and oxygen atoms in total. The largest absolute Gasteiger partial charge is 0.478 e. The number of carboxylic acid groups (broad SMARTS) is 1. The van der Waals surface area contributed by atoms with Crippen LogP contribution in [0.5, 0.6) is 0 Å². The van der Waals surface area contributed by atoms with Gasteiger partial charge in [0, 0.05) is 30.7 Å². The summed E-state index contributed by atoms with van der Waals surface area (Å²) in [6.45, 7) is 4.24. The number of hydrogen-bond acceptors (Lipinski definition) is 4. The van der Waals surface area contributed by atoms with E-state index >= 15 is 0 Å². The molecule has 1 N–H and O–H groups in total. The zero-order chi connectivity index (χ0) is 14.8. The lowest BCUT2D eigenvalue weighted by atomic mass is 10.0. The molecule has 0 aliphatic carbocycles. The topological polar surface area (TPSA) is 57.8 Å². The van der Waals surface area contributed by atoms with Crippen LogP contribution < -0.4 is 4.90 Å². The van der Waals surface area contributed by atoms with E-state index in [0.29, 0.717) is 0 Å². The van der Waals surface area contributed by atoms with Crippen molar-refractivity contribution in [3.05, 3.63) is 23.3 Å². The molecule has 0 amide bonds. The molecule has 2 aromatic heterocycles. The minimum absolute atomic E-state index is 0.728. The third-order valence-electron chi connectivity index (χ3n) is 3.95. The van der Waals surface area contributed by atoms with Crippen molar-refractivity contribution in [2.75, 3.05) is 18.0 Å². The average Bonchev–Trinajstić information content (AvgIpc) is 3.11. The van der Waals surface area contributed by atoms with Gasteiger partial charge in [-0.05, 0) is 24.8 Å². The molecular weight excluding hydrogens is 286 g/mol. The second-order valence-electron chi connectivity index (χ2n) is 5.44. The van der Waals surface area contributed by atoms with Crippen LogP contribution in [0.3, 0.4) is 0 Å². The molecule has 112 valence electrons. The Bertz CT molecular complexity index is 674. The van der Waals surface area contributed by atoms with Crippen LogP contribution in [-0.4, -0.2) is 33.6 Å². The van der Waals surface area contributed by atoms with Gasteiger partial charge in [0.1, 0.15) is 0 Å². The van der Waals surface area contributed by atoms with Gasteiger partial charge in [0.2, 0.25) is 0 Å². The lowest BCUT2D eigenvalue weighted by Gasteiger charge is -2.16. The van der Waals surface area contributed by atoms with Gasteiger partial charge in [-0.25, -0.2) is 9.78 Å². The van der Waals surface area contributed by atoms with Gasteiger partial charge in [-0.15, -0.1) is 11.3 Å². The molecule has 1 saturated heterocycles. The molecule has 0 aromatic carbocycles. The first kappa shape index (κ1) is 14.1. The Morgan fingerprint density at radius 3 is 3.24 bits per heavy atom. The van der Waals surface area contributed by atoms with E-state index in [9.17, 15) is 4.79 Å². The van der Waals surface area contributed by atoms with Gasteiger partial charge in [-0.3, -0.25) is 4.40 Å².